The number of hydrogen-bond donors (Lipinski definition) is 1. The number of nitrogens with zero attached hydrogens (tertiary/aromatic N) is 5. The van der Waals surface area contributed by atoms with E-state index in [1.807, 2.05) is 19.4 Å². The van der Waals surface area contributed by atoms with Crippen molar-refractivity contribution in [3.8, 4) is 11.1 Å². The summed E-state index contributed by atoms with van der Waals surface area (Å²) >= 11 is 0. The number of hydrogen-bond acceptors (Lipinski definition) is 4. The zero-order valence-electron chi connectivity index (χ0n) is 8.70. The maximum absolute atomic E-state index is 5.71. The van der Waals surface area contributed by atoms with E-state index in [0.717, 1.165) is 11.1 Å². The van der Waals surface area contributed by atoms with Crippen LogP contribution in [0.1, 0.15) is 0 Å². The van der Waals surface area contributed by atoms with Gasteiger partial charge in [0.15, 0.2) is 5.65 Å². The third-order valence-corrected chi connectivity index (χ3v) is 2.42. The highest BCUT2D eigenvalue weighted by atomic mass is 15.3. The lowest BCUT2D eigenvalue weighted by Gasteiger charge is -1.98. The molecular formula is C10H10N6. The van der Waals surface area contributed by atoms with Crippen LogP contribution >= 0.6 is 0 Å². The SMILES string of the molecule is Cn1cc(-c2cnc3c(N)cnn3c2)cn1. The summed E-state index contributed by atoms with van der Waals surface area (Å²) in [5.74, 6) is 0. The van der Waals surface area contributed by atoms with Crippen molar-refractivity contribution in [2.75, 3.05) is 5.73 Å². The number of rotatable bonds is 1. The van der Waals surface area contributed by atoms with Crippen LogP contribution in [0.25, 0.3) is 16.8 Å². The van der Waals surface area contributed by atoms with Crippen molar-refractivity contribution >= 4 is 11.3 Å². The van der Waals surface area contributed by atoms with Crippen LogP contribution in [-0.4, -0.2) is 24.4 Å². The molecule has 3 aromatic rings. The highest BCUT2D eigenvalue weighted by Crippen LogP contribution is 2.18. The Balaban J connectivity index is 2.18. The molecule has 3 rings (SSSR count). The second-order valence-corrected chi connectivity index (χ2v) is 3.61. The number of nitrogens with two attached hydrogens (primary N) is 1. The minimum absolute atomic E-state index is 0.581. The van der Waals surface area contributed by atoms with Crippen LogP contribution in [0.2, 0.25) is 0 Å². The van der Waals surface area contributed by atoms with Gasteiger partial charge in [-0.2, -0.15) is 10.2 Å². The number of anilines is 1. The Bertz CT molecular complexity index is 650. The summed E-state index contributed by atoms with van der Waals surface area (Å²) in [6.07, 6.45) is 8.96. The first kappa shape index (κ1) is 8.90. The van der Waals surface area contributed by atoms with Crippen molar-refractivity contribution in [2.45, 2.75) is 0 Å². The van der Waals surface area contributed by atoms with E-state index < -0.39 is 0 Å². The van der Waals surface area contributed by atoms with E-state index in [0.29, 0.717) is 11.3 Å². The maximum atomic E-state index is 5.71. The molecule has 6 nitrogen and oxygen atoms in total. The molecule has 0 aromatic carbocycles. The van der Waals surface area contributed by atoms with Gasteiger partial charge in [0.2, 0.25) is 0 Å². The first-order chi connectivity index (χ1) is 7.74. The molecule has 0 unspecified atom stereocenters. The smallest absolute Gasteiger partial charge is 0.178 e. The first-order valence-electron chi connectivity index (χ1n) is 4.82. The molecule has 6 heteroatoms. The third kappa shape index (κ3) is 1.23. The topological polar surface area (TPSA) is 74.0 Å². The van der Waals surface area contributed by atoms with Gasteiger partial charge in [0.1, 0.15) is 0 Å². The summed E-state index contributed by atoms with van der Waals surface area (Å²) in [7, 11) is 1.88. The Hall–Kier alpha value is -2.37. The van der Waals surface area contributed by atoms with Crippen molar-refractivity contribution in [1.82, 2.24) is 24.4 Å². The normalized spacial score (nSPS) is 11.1. The van der Waals surface area contributed by atoms with E-state index in [1.165, 1.54) is 0 Å². The zero-order chi connectivity index (χ0) is 11.1. The van der Waals surface area contributed by atoms with E-state index in [2.05, 4.69) is 15.2 Å². The molecule has 80 valence electrons. The van der Waals surface area contributed by atoms with Crippen LogP contribution in [-0.2, 0) is 7.05 Å². The molecule has 0 atom stereocenters. The van der Waals surface area contributed by atoms with Gasteiger partial charge < -0.3 is 5.73 Å². The molecule has 0 bridgehead atoms. The minimum Gasteiger partial charge on any atom is -0.394 e. The van der Waals surface area contributed by atoms with Gasteiger partial charge >= 0.3 is 0 Å². The van der Waals surface area contributed by atoms with Gasteiger partial charge in [-0.1, -0.05) is 0 Å². The molecule has 0 amide bonds. The van der Waals surface area contributed by atoms with Crippen LogP contribution in [0.5, 0.6) is 0 Å². The van der Waals surface area contributed by atoms with Crippen LogP contribution in [0, 0.1) is 0 Å². The second-order valence-electron chi connectivity index (χ2n) is 3.61. The first-order valence-corrected chi connectivity index (χ1v) is 4.82. The van der Waals surface area contributed by atoms with Gasteiger partial charge in [-0.3, -0.25) is 4.68 Å². The van der Waals surface area contributed by atoms with E-state index in [1.54, 1.807) is 27.8 Å². The fraction of sp³-hybridized carbons (Fsp3) is 0.100. The molecule has 0 aliphatic rings. The molecule has 0 saturated heterocycles. The van der Waals surface area contributed by atoms with E-state index in [4.69, 9.17) is 5.73 Å². The van der Waals surface area contributed by atoms with Crippen molar-refractivity contribution in [2.24, 2.45) is 7.05 Å². The predicted molar refractivity (Wildman–Crippen MR) is 59.6 cm³/mol. The number of nitrogen functional groups attached to an aromatic ring is 1. The molecule has 3 heterocycles. The highest BCUT2D eigenvalue weighted by Gasteiger charge is 2.05. The molecular weight excluding hydrogens is 204 g/mol. The Labute approximate surface area is 91.3 Å². The standard InChI is InChI=1S/C10H10N6/c1-15-5-8(3-13-15)7-2-12-10-9(11)4-14-16(10)6-7/h2-6H,11H2,1H3. The summed E-state index contributed by atoms with van der Waals surface area (Å²) in [4.78, 5) is 4.26. The Morgan fingerprint density at radius 1 is 1.06 bits per heavy atom. The fourth-order valence-electron chi connectivity index (χ4n) is 1.61. The van der Waals surface area contributed by atoms with Crippen LogP contribution in [0.3, 0.4) is 0 Å². The molecule has 0 fully saturated rings. The second kappa shape index (κ2) is 3.06. The van der Waals surface area contributed by atoms with E-state index in [-0.39, 0.29) is 0 Å². The average Bonchev–Trinajstić information content (AvgIpc) is 2.86. The summed E-state index contributed by atoms with van der Waals surface area (Å²) < 4.78 is 3.41. The molecule has 0 spiro atoms. The highest BCUT2D eigenvalue weighted by molar-refractivity contribution is 5.67. The molecule has 0 saturated carbocycles. The van der Waals surface area contributed by atoms with Gasteiger partial charge in [-0.05, 0) is 0 Å². The number of fused-ring (bicyclic) bond motifs is 1. The number of aromatic nitrogens is 5. The van der Waals surface area contributed by atoms with E-state index in [9.17, 15) is 0 Å². The molecule has 3 aromatic heterocycles. The Kier molecular flexibility index (Phi) is 1.70. The summed E-state index contributed by atoms with van der Waals surface area (Å²) in [5.41, 5.74) is 8.93. The molecule has 0 aliphatic carbocycles. The lowest BCUT2D eigenvalue weighted by Crippen LogP contribution is -1.92. The van der Waals surface area contributed by atoms with Crippen molar-refractivity contribution in [3.05, 3.63) is 31.0 Å². The van der Waals surface area contributed by atoms with Gasteiger partial charge in [0.05, 0.1) is 18.1 Å². The fourth-order valence-corrected chi connectivity index (χ4v) is 1.61. The average molecular weight is 214 g/mol. The summed E-state index contributed by atoms with van der Waals surface area (Å²) in [5, 5.41) is 8.23. The third-order valence-electron chi connectivity index (χ3n) is 2.42. The largest absolute Gasteiger partial charge is 0.394 e. The quantitative estimate of drug-likeness (QED) is 0.647. The van der Waals surface area contributed by atoms with Gasteiger partial charge in [-0.15, -0.1) is 0 Å². The lowest BCUT2D eigenvalue weighted by atomic mass is 10.2. The van der Waals surface area contributed by atoms with Gasteiger partial charge in [-0.25, -0.2) is 9.50 Å². The van der Waals surface area contributed by atoms with Gasteiger partial charge in [0.25, 0.3) is 0 Å². The summed E-state index contributed by atoms with van der Waals surface area (Å²) in [6.45, 7) is 0. The van der Waals surface area contributed by atoms with E-state index >= 15 is 0 Å². The van der Waals surface area contributed by atoms with Crippen molar-refractivity contribution < 1.29 is 0 Å². The lowest BCUT2D eigenvalue weighted by molar-refractivity contribution is 0.768. The number of aryl methyl sites for hydroxylation is 1. The summed E-state index contributed by atoms with van der Waals surface area (Å²) in [6, 6.07) is 0. The van der Waals surface area contributed by atoms with Crippen molar-refractivity contribution in [3.63, 3.8) is 0 Å². The van der Waals surface area contributed by atoms with Crippen LogP contribution in [0.15, 0.2) is 31.0 Å². The molecule has 16 heavy (non-hydrogen) atoms. The maximum Gasteiger partial charge on any atom is 0.178 e. The Morgan fingerprint density at radius 3 is 2.62 bits per heavy atom. The molecule has 0 radical (unpaired) electrons. The van der Waals surface area contributed by atoms with Crippen LogP contribution in [0.4, 0.5) is 5.69 Å². The van der Waals surface area contributed by atoms with Crippen LogP contribution < -0.4 is 5.73 Å². The predicted octanol–water partition coefficient (Wildman–Crippen LogP) is 0.712. The molecule has 2 N–H and O–H groups in total. The monoisotopic (exact) mass is 214 g/mol. The minimum atomic E-state index is 0.581. The zero-order valence-corrected chi connectivity index (χ0v) is 8.70. The Morgan fingerprint density at radius 2 is 1.88 bits per heavy atom. The molecule has 0 aliphatic heterocycles. The van der Waals surface area contributed by atoms with Gasteiger partial charge in [0, 0.05) is 36.8 Å². The van der Waals surface area contributed by atoms with Crippen molar-refractivity contribution in [1.29, 1.82) is 0 Å².